The van der Waals surface area contributed by atoms with Gasteiger partial charge in [-0.15, -0.1) is 0 Å². The van der Waals surface area contributed by atoms with Crippen LogP contribution in [0.15, 0.2) is 0 Å². The second-order valence-electron chi connectivity index (χ2n) is 22.7. The van der Waals surface area contributed by atoms with Crippen LogP contribution in [-0.2, 0) is 6.51 Å². The fourth-order valence-corrected chi connectivity index (χ4v) is 117. The number of hydrogen-bond acceptors (Lipinski definition) is 0. The van der Waals surface area contributed by atoms with Crippen molar-refractivity contribution in [2.75, 3.05) is 6.16 Å². The van der Waals surface area contributed by atoms with Gasteiger partial charge in [0.2, 0.25) is 0 Å². The van der Waals surface area contributed by atoms with Gasteiger partial charge in [-0.3, -0.25) is 0 Å². The second-order valence-corrected chi connectivity index (χ2v) is 48.5. The van der Waals surface area contributed by atoms with Crippen molar-refractivity contribution in [2.24, 2.45) is 52.8 Å². The van der Waals surface area contributed by atoms with E-state index in [0.29, 0.717) is 13.3 Å². The van der Waals surface area contributed by atoms with E-state index in [1.807, 2.05) is 6.16 Å². The molecule has 202 valence electrons. The van der Waals surface area contributed by atoms with Gasteiger partial charge in [0.25, 0.3) is 0 Å². The van der Waals surface area contributed by atoms with Gasteiger partial charge < -0.3 is 0 Å². The zero-order valence-electron chi connectivity index (χ0n) is 23.5. The zero-order chi connectivity index (χ0) is 23.6. The molecule has 0 aromatic heterocycles. The quantitative estimate of drug-likeness (QED) is 0.239. The Kier molecular flexibility index (Phi) is 1.37. The summed E-state index contributed by atoms with van der Waals surface area (Å²) < 4.78 is 2.24. The molecule has 8 bridgehead atoms. The standard InChI is InChI=1S/C26H36P.C9H13.Fe/c1-2-4-16(3-1)15-27(25-21-7-17-5-18(9-21)10-22(25)8-17)26-23-11-19-6-20(13-23)14-24(26)12-19;1-9(2,3)8-6-4-5-7-8;/h1-4,17-26H,5-15H2;4-7H,1-3H3;. The fourth-order valence-electron chi connectivity index (χ4n) is 29.1. The monoisotopic (exact) mass is 556 g/mol. The minimum atomic E-state index is -3.34. The number of hydrogen-bond donors (Lipinski definition) is 0. The van der Waals surface area contributed by atoms with Crippen molar-refractivity contribution in [3.8, 4) is 0 Å². The van der Waals surface area contributed by atoms with E-state index in [9.17, 15) is 0 Å². The van der Waals surface area contributed by atoms with Crippen molar-refractivity contribution in [3.63, 3.8) is 0 Å². The van der Waals surface area contributed by atoms with E-state index < -0.39 is 6.51 Å². The summed E-state index contributed by atoms with van der Waals surface area (Å²) in [6.45, 7) is 5.08. The molecular weight excluding hydrogens is 507 g/mol. The first-order valence-electron chi connectivity index (χ1n) is 17.6. The van der Waals surface area contributed by atoms with Crippen LogP contribution in [0.4, 0.5) is 0 Å². The van der Waals surface area contributed by atoms with Gasteiger partial charge in [0.1, 0.15) is 0 Å². The summed E-state index contributed by atoms with van der Waals surface area (Å²) in [5, 5.41) is 0. The molecule has 18 aliphatic rings. The number of rotatable bonds is 4. The maximum absolute atomic E-state index is 3.34. The van der Waals surface area contributed by atoms with Crippen LogP contribution < -0.4 is 0 Å². The third-order valence-electron chi connectivity index (χ3n) is 25.8. The van der Waals surface area contributed by atoms with E-state index in [4.69, 9.17) is 0 Å². The normalized spacial score (nSPS) is 94.4. The van der Waals surface area contributed by atoms with E-state index in [2.05, 4.69) is 20.8 Å². The van der Waals surface area contributed by atoms with Crippen LogP contribution in [0.2, 0.25) is 47.2 Å². The van der Waals surface area contributed by atoms with E-state index in [1.54, 1.807) is 64.2 Å². The predicted molar refractivity (Wildman–Crippen MR) is 148 cm³/mol. The van der Waals surface area contributed by atoms with Crippen molar-refractivity contribution >= 4 is 7.92 Å². The van der Waals surface area contributed by atoms with Gasteiger partial charge in [-0.25, -0.2) is 0 Å². The third-order valence-corrected chi connectivity index (χ3v) is 74.1. The molecule has 8 saturated carbocycles. The average Bonchev–Trinajstić information content (AvgIpc) is 3.76. The van der Waals surface area contributed by atoms with Gasteiger partial charge in [-0.2, -0.15) is 0 Å². The molecule has 0 aromatic rings. The van der Waals surface area contributed by atoms with E-state index in [-0.39, 0.29) is 0 Å². The topological polar surface area (TPSA) is 0 Å². The van der Waals surface area contributed by atoms with Crippen molar-refractivity contribution in [1.82, 2.24) is 0 Å². The van der Waals surface area contributed by atoms with Crippen molar-refractivity contribution in [1.29, 1.82) is 0 Å². The first kappa shape index (κ1) is 18.5. The maximum atomic E-state index is 2.81. The molecule has 18 fully saturated rings. The summed E-state index contributed by atoms with van der Waals surface area (Å²) in [5.41, 5.74) is 3.27. The molecule has 18 rings (SSSR count). The fraction of sp³-hybridized carbons (Fsp3) is 1.00. The Hall–Kier alpha value is 0.949. The van der Waals surface area contributed by atoms with Gasteiger partial charge in [-0.1, -0.05) is 0 Å². The Morgan fingerprint density at radius 2 is 0.946 bits per heavy atom. The molecule has 8 atom stereocenters. The van der Waals surface area contributed by atoms with Crippen LogP contribution in [0, 0.1) is 52.8 Å². The summed E-state index contributed by atoms with van der Waals surface area (Å²) in [7, 11) is 0.310. The molecule has 10 saturated heterocycles. The molecule has 0 amide bonds. The van der Waals surface area contributed by atoms with Crippen LogP contribution in [0.1, 0.15) is 85.0 Å². The Bertz CT molecular complexity index is 1610. The Labute approximate surface area is 216 Å². The summed E-state index contributed by atoms with van der Waals surface area (Å²) in [5.74, 6) is 9.64. The van der Waals surface area contributed by atoms with Gasteiger partial charge >= 0.3 is 217 Å². The molecule has 0 nitrogen and oxygen atoms in total. The molecule has 0 N–H and O–H groups in total. The van der Waals surface area contributed by atoms with Crippen molar-refractivity contribution in [2.45, 2.75) is 143 Å². The molecular formula is C35H49FeP. The summed E-state index contributed by atoms with van der Waals surface area (Å²) >= 11 is 0. The third kappa shape index (κ3) is 0.485. The second kappa shape index (κ2) is 2.74. The van der Waals surface area contributed by atoms with Crippen LogP contribution >= 0.6 is 7.92 Å². The molecule has 0 aromatic carbocycles. The predicted octanol–water partition coefficient (Wildman–Crippen LogP) is 10.3. The Balaban J connectivity index is 0.920. The minimum absolute atomic E-state index is 0.310. The van der Waals surface area contributed by atoms with Gasteiger partial charge in [0, 0.05) is 0 Å². The summed E-state index contributed by atoms with van der Waals surface area (Å²) in [4.78, 5) is 12.0. The van der Waals surface area contributed by atoms with E-state index in [1.165, 1.54) is 97.2 Å². The van der Waals surface area contributed by atoms with Gasteiger partial charge in [-0.05, 0) is 0 Å². The van der Waals surface area contributed by atoms with Crippen LogP contribution in [0.3, 0.4) is 0 Å². The molecule has 0 radical (unpaired) electrons. The Morgan fingerprint density at radius 3 is 1.24 bits per heavy atom. The molecule has 10 aliphatic heterocycles. The molecule has 2 heteroatoms. The molecule has 8 aliphatic carbocycles. The first-order chi connectivity index (χ1) is 17.6. The molecule has 37 heavy (non-hydrogen) atoms. The summed E-state index contributed by atoms with van der Waals surface area (Å²) in [6, 6.07) is 0. The van der Waals surface area contributed by atoms with Crippen LogP contribution in [0.5, 0.6) is 0 Å². The zero-order valence-corrected chi connectivity index (χ0v) is 25.5. The average molecular weight is 557 g/mol. The van der Waals surface area contributed by atoms with Crippen LogP contribution in [-0.4, -0.2) is 17.5 Å². The molecule has 8 unspecified atom stereocenters. The van der Waals surface area contributed by atoms with Crippen LogP contribution in [0.25, 0.3) is 0 Å². The first-order valence-corrected chi connectivity index (χ1v) is 25.4. The van der Waals surface area contributed by atoms with Gasteiger partial charge in [0.15, 0.2) is 0 Å². The molecule has 1 spiro atoms. The van der Waals surface area contributed by atoms with E-state index in [0.717, 1.165) is 8.63 Å². The number of fused-ring (bicyclic) bond motifs is 10. The SMILES string of the molecule is CC(C)(C)[C]12[CH]3[CH]4[CH]5[CH]1[Fe]45321678[CH]2[CH]1[CH]6[C]7(CP(C1C3CC4CC(C3)CC1C4)C1C3CC4CC(C3)CC1C4)[CH]28. The summed E-state index contributed by atoms with van der Waals surface area (Å²) in [6.07, 6.45) is 19.0. The van der Waals surface area contributed by atoms with Crippen molar-refractivity contribution in [3.05, 3.63) is 0 Å². The van der Waals surface area contributed by atoms with Gasteiger partial charge in [0.05, 0.1) is 0 Å². The Morgan fingerprint density at radius 1 is 0.568 bits per heavy atom. The van der Waals surface area contributed by atoms with Crippen molar-refractivity contribution < 1.29 is 6.51 Å². The molecule has 10 heterocycles. The van der Waals surface area contributed by atoms with E-state index >= 15 is 0 Å².